The number of amides is 1. The lowest BCUT2D eigenvalue weighted by Gasteiger charge is -2.47. The third-order valence-electron chi connectivity index (χ3n) is 7.18. The molecule has 0 spiro atoms. The lowest BCUT2D eigenvalue weighted by Crippen LogP contribution is -2.60. The number of sulfonamides is 1. The van der Waals surface area contributed by atoms with Gasteiger partial charge < -0.3 is 19.3 Å². The average Bonchev–Trinajstić information content (AvgIpc) is 2.78. The maximum Gasteiger partial charge on any atom is 0.248 e. The van der Waals surface area contributed by atoms with Gasteiger partial charge in [0.1, 0.15) is 12.4 Å². The third kappa shape index (κ3) is 6.95. The highest BCUT2D eigenvalue weighted by molar-refractivity contribution is 7.89. The van der Waals surface area contributed by atoms with Crippen LogP contribution in [0.5, 0.6) is 5.75 Å². The maximum absolute atomic E-state index is 13.1. The number of hydrogen-bond donors (Lipinski definition) is 0. The fraction of sp³-hybridized carbons (Fsp3) is 0.720. The molecule has 2 aliphatic rings. The highest BCUT2D eigenvalue weighted by Gasteiger charge is 2.33. The van der Waals surface area contributed by atoms with E-state index in [0.717, 1.165) is 39.1 Å². The van der Waals surface area contributed by atoms with Crippen molar-refractivity contribution in [2.45, 2.75) is 37.6 Å². The molecule has 198 valence electrons. The molecule has 2 fully saturated rings. The van der Waals surface area contributed by atoms with Crippen molar-refractivity contribution in [1.82, 2.24) is 19.0 Å². The molecule has 2 aliphatic heterocycles. The van der Waals surface area contributed by atoms with Crippen LogP contribution in [0.2, 0.25) is 0 Å². The predicted molar refractivity (Wildman–Crippen MR) is 136 cm³/mol. The molecule has 3 rings (SSSR count). The number of piperidine rings is 1. The van der Waals surface area contributed by atoms with Crippen LogP contribution in [0.15, 0.2) is 17.0 Å². The number of nitrogens with zero attached hydrogens (tertiary/aromatic N) is 4. The number of hydrogen-bond acceptors (Lipinski definition) is 7. The molecule has 0 radical (unpaired) electrons. The number of methoxy groups -OCH3 is 1. The van der Waals surface area contributed by atoms with Gasteiger partial charge in [0.05, 0.1) is 18.6 Å². The van der Waals surface area contributed by atoms with Crippen LogP contribution in [0.1, 0.15) is 24.0 Å². The quantitative estimate of drug-likeness (QED) is 0.417. The summed E-state index contributed by atoms with van der Waals surface area (Å²) in [7, 11) is 3.39. The zero-order chi connectivity index (χ0) is 25.8. The second-order valence-electron chi connectivity index (χ2n) is 10.1. The molecule has 0 N–H and O–H groups in total. The molecule has 0 bridgehead atoms. The largest absolute Gasteiger partial charge is 0.497 e. The summed E-state index contributed by atoms with van der Waals surface area (Å²) >= 11 is 0. The first-order valence-corrected chi connectivity index (χ1v) is 13.8. The molecule has 1 unspecified atom stereocenters. The van der Waals surface area contributed by atoms with Crippen molar-refractivity contribution in [1.29, 1.82) is 0 Å². The van der Waals surface area contributed by atoms with E-state index in [1.54, 1.807) is 38.0 Å². The molecule has 0 aliphatic carbocycles. The van der Waals surface area contributed by atoms with Gasteiger partial charge in [0, 0.05) is 52.9 Å². The Morgan fingerprint density at radius 3 is 2.40 bits per heavy atom. The highest BCUT2D eigenvalue weighted by Crippen LogP contribution is 2.27. The van der Waals surface area contributed by atoms with E-state index < -0.39 is 10.0 Å². The number of benzene rings is 1. The number of likely N-dealkylation sites (N-methyl/N-ethyl adjacent to an activating group) is 3. The Labute approximate surface area is 211 Å². The van der Waals surface area contributed by atoms with E-state index in [0.29, 0.717) is 28.8 Å². The smallest absolute Gasteiger partial charge is 0.248 e. The number of rotatable bonds is 11. The van der Waals surface area contributed by atoms with E-state index in [2.05, 4.69) is 16.8 Å². The summed E-state index contributed by atoms with van der Waals surface area (Å²) in [6.45, 7) is 8.99. The van der Waals surface area contributed by atoms with Crippen LogP contribution in [0.25, 0.3) is 0 Å². The Balaban J connectivity index is 1.42. The lowest BCUT2D eigenvalue weighted by molar-refractivity contribution is -0.135. The SMILES string of the molecule is COc1cc(C)c(S(=O)(=O)N(C)CCOCC(=O)N(C)CC2CCCN(C3CN(C)C3)C2)c(C)c1. The fourth-order valence-electron chi connectivity index (χ4n) is 5.14. The van der Waals surface area contributed by atoms with Crippen LogP contribution in [-0.2, 0) is 19.6 Å². The number of aryl methyl sites for hydroxylation is 2. The number of likely N-dealkylation sites (tertiary alicyclic amines) is 2. The van der Waals surface area contributed by atoms with Crippen LogP contribution in [0.3, 0.4) is 0 Å². The zero-order valence-electron chi connectivity index (χ0n) is 22.1. The minimum atomic E-state index is -3.68. The van der Waals surface area contributed by atoms with Crippen LogP contribution in [0, 0.1) is 19.8 Å². The van der Waals surface area contributed by atoms with Gasteiger partial charge in [0.2, 0.25) is 15.9 Å². The van der Waals surface area contributed by atoms with E-state index in [1.807, 2.05) is 7.05 Å². The predicted octanol–water partition coefficient (Wildman–Crippen LogP) is 1.43. The Kier molecular flexibility index (Phi) is 9.56. The molecule has 2 saturated heterocycles. The van der Waals surface area contributed by atoms with Gasteiger partial charge >= 0.3 is 0 Å². The van der Waals surface area contributed by atoms with Crippen molar-refractivity contribution in [3.05, 3.63) is 23.3 Å². The van der Waals surface area contributed by atoms with Gasteiger partial charge in [-0.05, 0) is 69.5 Å². The standard InChI is InChI=1S/C25H42N4O5S/c1-19-12-23(33-6)13-20(2)25(19)35(31,32)28(5)10-11-34-18-24(30)27(4)14-21-8-7-9-29(15-21)22-16-26(3)17-22/h12-13,21-22H,7-11,14-18H2,1-6H3. The molecule has 10 heteroatoms. The first kappa shape index (κ1) is 27.9. The summed E-state index contributed by atoms with van der Waals surface area (Å²) in [6.07, 6.45) is 2.32. The Hall–Kier alpha value is -1.72. The van der Waals surface area contributed by atoms with Crippen LogP contribution in [-0.4, -0.2) is 120 Å². The Morgan fingerprint density at radius 2 is 1.80 bits per heavy atom. The summed E-state index contributed by atoms with van der Waals surface area (Å²) in [4.78, 5) is 19.5. The minimum Gasteiger partial charge on any atom is -0.497 e. The maximum atomic E-state index is 13.1. The fourth-order valence-corrected chi connectivity index (χ4v) is 6.70. The number of carbonyl (C=O) groups is 1. The topological polar surface area (TPSA) is 82.6 Å². The molecule has 1 aromatic rings. The highest BCUT2D eigenvalue weighted by atomic mass is 32.2. The van der Waals surface area contributed by atoms with Gasteiger partial charge in [-0.15, -0.1) is 0 Å². The molecule has 0 saturated carbocycles. The van der Waals surface area contributed by atoms with Crippen molar-refractivity contribution in [3.63, 3.8) is 0 Å². The molecule has 1 aromatic carbocycles. The van der Waals surface area contributed by atoms with Crippen molar-refractivity contribution in [2.75, 3.05) is 80.7 Å². The summed E-state index contributed by atoms with van der Waals surface area (Å²) in [5, 5.41) is 0. The van der Waals surface area contributed by atoms with E-state index in [-0.39, 0.29) is 30.6 Å². The van der Waals surface area contributed by atoms with Crippen molar-refractivity contribution >= 4 is 15.9 Å². The molecule has 9 nitrogen and oxygen atoms in total. The van der Waals surface area contributed by atoms with Gasteiger partial charge in [0.25, 0.3) is 0 Å². The molecule has 1 amide bonds. The van der Waals surface area contributed by atoms with Gasteiger partial charge in [-0.25, -0.2) is 8.42 Å². The summed E-state index contributed by atoms with van der Waals surface area (Å²) in [5.74, 6) is 1.04. The van der Waals surface area contributed by atoms with Crippen LogP contribution < -0.4 is 4.74 Å². The summed E-state index contributed by atoms with van der Waals surface area (Å²) < 4.78 is 38.3. The first-order chi connectivity index (χ1) is 16.5. The summed E-state index contributed by atoms with van der Waals surface area (Å²) in [6, 6.07) is 4.09. The number of ether oxygens (including phenoxy) is 2. The average molecular weight is 511 g/mol. The van der Waals surface area contributed by atoms with E-state index >= 15 is 0 Å². The Bertz CT molecular complexity index is 957. The van der Waals surface area contributed by atoms with Gasteiger partial charge in [-0.2, -0.15) is 4.31 Å². The third-order valence-corrected chi connectivity index (χ3v) is 9.35. The normalized spacial score (nSPS) is 20.1. The molecule has 1 atom stereocenters. The minimum absolute atomic E-state index is 0.0468. The van der Waals surface area contributed by atoms with Crippen molar-refractivity contribution in [3.8, 4) is 5.75 Å². The van der Waals surface area contributed by atoms with Crippen LogP contribution >= 0.6 is 0 Å². The Morgan fingerprint density at radius 1 is 1.14 bits per heavy atom. The molecular weight excluding hydrogens is 468 g/mol. The van der Waals surface area contributed by atoms with Gasteiger partial charge in [-0.3, -0.25) is 9.69 Å². The first-order valence-electron chi connectivity index (χ1n) is 12.4. The zero-order valence-corrected chi connectivity index (χ0v) is 22.9. The van der Waals surface area contributed by atoms with Crippen molar-refractivity contribution in [2.24, 2.45) is 5.92 Å². The van der Waals surface area contributed by atoms with Crippen molar-refractivity contribution < 1.29 is 22.7 Å². The van der Waals surface area contributed by atoms with E-state index in [1.165, 1.54) is 17.8 Å². The van der Waals surface area contributed by atoms with Gasteiger partial charge in [-0.1, -0.05) is 0 Å². The molecule has 0 aromatic heterocycles. The van der Waals surface area contributed by atoms with E-state index in [4.69, 9.17) is 9.47 Å². The second kappa shape index (κ2) is 12.0. The molecular formula is C25H42N4O5S. The van der Waals surface area contributed by atoms with Gasteiger partial charge in [0.15, 0.2) is 0 Å². The molecule has 2 heterocycles. The second-order valence-corrected chi connectivity index (χ2v) is 12.1. The lowest BCUT2D eigenvalue weighted by atomic mass is 9.94. The number of carbonyl (C=O) groups excluding carboxylic acids is 1. The van der Waals surface area contributed by atoms with E-state index in [9.17, 15) is 13.2 Å². The van der Waals surface area contributed by atoms with Crippen LogP contribution in [0.4, 0.5) is 0 Å². The summed E-state index contributed by atoms with van der Waals surface area (Å²) in [5.41, 5.74) is 1.27. The molecule has 35 heavy (non-hydrogen) atoms. The monoisotopic (exact) mass is 510 g/mol.